The van der Waals surface area contributed by atoms with Gasteiger partial charge >= 0.3 is 11.9 Å². The second kappa shape index (κ2) is 15.2. The maximum Gasteiger partial charge on any atom is 0.346 e. The second-order valence-electron chi connectivity index (χ2n) is 8.08. The third-order valence-electron chi connectivity index (χ3n) is 4.04. The van der Waals surface area contributed by atoms with E-state index in [-0.39, 0.29) is 10.4 Å². The standard InChI is InChI=1S/C18H30N2O5S.C4H10/c1-6-7-8-9-10-11-19-25-20-15-13(17(23)24-18(3,4)5)12(2)14(26-15)16(21)22;1-3-4-2/h19-20H,6-11H2,1-5H3,(H,21,22);3-4H2,1-2H3. The number of nitrogens with one attached hydrogen (secondary N) is 2. The lowest BCUT2D eigenvalue weighted by atomic mass is 10.1. The van der Waals surface area contributed by atoms with Gasteiger partial charge < -0.3 is 9.84 Å². The summed E-state index contributed by atoms with van der Waals surface area (Å²) in [5.41, 5.74) is 5.29. The number of unbranched alkanes of at least 4 members (excludes halogenated alkanes) is 5. The van der Waals surface area contributed by atoms with E-state index >= 15 is 0 Å². The Bertz CT molecular complexity index is 636. The maximum absolute atomic E-state index is 12.4. The molecule has 0 unspecified atom stereocenters. The van der Waals surface area contributed by atoms with Crippen LogP contribution in [0.15, 0.2) is 0 Å². The van der Waals surface area contributed by atoms with Crippen LogP contribution in [0.3, 0.4) is 0 Å². The molecule has 1 heterocycles. The smallest absolute Gasteiger partial charge is 0.346 e. The zero-order valence-corrected chi connectivity index (χ0v) is 20.5. The Balaban J connectivity index is 0.00000192. The normalized spacial score (nSPS) is 10.9. The molecule has 0 aliphatic carbocycles. The summed E-state index contributed by atoms with van der Waals surface area (Å²) in [4.78, 5) is 29.1. The average molecular weight is 445 g/mol. The van der Waals surface area contributed by atoms with Crippen molar-refractivity contribution in [3.8, 4) is 0 Å². The summed E-state index contributed by atoms with van der Waals surface area (Å²) >= 11 is 0.947. The molecular formula is C22H40N2O5S. The lowest BCUT2D eigenvalue weighted by Gasteiger charge is -2.20. The Morgan fingerprint density at radius 1 is 1.00 bits per heavy atom. The monoisotopic (exact) mass is 444 g/mol. The fourth-order valence-electron chi connectivity index (χ4n) is 2.30. The topological polar surface area (TPSA) is 96.9 Å². The van der Waals surface area contributed by atoms with Crippen molar-refractivity contribution in [2.75, 3.05) is 12.0 Å². The van der Waals surface area contributed by atoms with Crippen LogP contribution in [0.2, 0.25) is 0 Å². The Morgan fingerprint density at radius 2 is 1.60 bits per heavy atom. The second-order valence-corrected chi connectivity index (χ2v) is 9.10. The van der Waals surface area contributed by atoms with Crippen LogP contribution in [0.1, 0.15) is 112 Å². The Labute approximate surface area is 185 Å². The molecule has 1 aromatic rings. The number of ether oxygens (including phenoxy) is 1. The fraction of sp³-hybridized carbons (Fsp3) is 0.727. The summed E-state index contributed by atoms with van der Waals surface area (Å²) in [6, 6.07) is 0. The number of carbonyl (C=O) groups excluding carboxylic acids is 1. The van der Waals surface area contributed by atoms with Crippen molar-refractivity contribution in [3.05, 3.63) is 16.0 Å². The maximum atomic E-state index is 12.4. The number of esters is 1. The molecule has 1 rings (SSSR count). The molecule has 0 saturated carbocycles. The van der Waals surface area contributed by atoms with Gasteiger partial charge in [0, 0.05) is 6.54 Å². The summed E-state index contributed by atoms with van der Waals surface area (Å²) in [6.07, 6.45) is 8.35. The van der Waals surface area contributed by atoms with E-state index in [1.807, 2.05) is 0 Å². The van der Waals surface area contributed by atoms with E-state index in [2.05, 4.69) is 31.7 Å². The van der Waals surface area contributed by atoms with Gasteiger partial charge in [0.1, 0.15) is 15.5 Å². The van der Waals surface area contributed by atoms with Gasteiger partial charge in [-0.2, -0.15) is 10.4 Å². The first-order valence-corrected chi connectivity index (χ1v) is 11.6. The highest BCUT2D eigenvalue weighted by Gasteiger charge is 2.28. The van der Waals surface area contributed by atoms with E-state index in [0.717, 1.165) is 24.2 Å². The van der Waals surface area contributed by atoms with Gasteiger partial charge in [0.05, 0.1) is 5.56 Å². The molecule has 0 aromatic carbocycles. The summed E-state index contributed by atoms with van der Waals surface area (Å²) < 4.78 is 5.38. The van der Waals surface area contributed by atoms with Crippen LogP contribution in [-0.4, -0.2) is 29.2 Å². The molecule has 8 heteroatoms. The zero-order valence-electron chi connectivity index (χ0n) is 19.6. The van der Waals surface area contributed by atoms with Crippen LogP contribution in [0.5, 0.6) is 0 Å². The molecule has 1 aromatic heterocycles. The molecule has 7 nitrogen and oxygen atoms in total. The van der Waals surface area contributed by atoms with E-state index < -0.39 is 17.5 Å². The van der Waals surface area contributed by atoms with Crippen molar-refractivity contribution < 1.29 is 24.4 Å². The van der Waals surface area contributed by atoms with Gasteiger partial charge in [-0.3, -0.25) is 0 Å². The zero-order chi connectivity index (χ0) is 23.2. The molecule has 0 aliphatic rings. The quantitative estimate of drug-likeness (QED) is 0.197. The number of carbonyl (C=O) groups is 2. The molecule has 0 bridgehead atoms. The van der Waals surface area contributed by atoms with Crippen molar-refractivity contribution in [3.63, 3.8) is 0 Å². The number of rotatable bonds is 12. The number of hydrogen-bond acceptors (Lipinski definition) is 7. The molecule has 0 saturated heterocycles. The highest BCUT2D eigenvalue weighted by atomic mass is 32.1. The third kappa shape index (κ3) is 11.5. The van der Waals surface area contributed by atoms with Crippen molar-refractivity contribution in [1.29, 1.82) is 0 Å². The number of aromatic carboxylic acids is 1. The molecule has 0 aliphatic heterocycles. The molecule has 3 N–H and O–H groups in total. The van der Waals surface area contributed by atoms with Crippen LogP contribution in [0.4, 0.5) is 5.00 Å². The van der Waals surface area contributed by atoms with Gasteiger partial charge in [-0.05, 0) is 39.7 Å². The van der Waals surface area contributed by atoms with Crippen LogP contribution < -0.4 is 11.0 Å². The molecule has 0 atom stereocenters. The van der Waals surface area contributed by atoms with Crippen LogP contribution in [0.25, 0.3) is 0 Å². The van der Waals surface area contributed by atoms with Crippen molar-refractivity contribution >= 4 is 28.3 Å². The predicted octanol–water partition coefficient (Wildman–Crippen LogP) is 6.33. The summed E-state index contributed by atoms with van der Waals surface area (Å²) in [6.45, 7) is 14.1. The SMILES string of the molecule is CCCC.CCCCCCCNONc1sc(C(=O)O)c(C)c1C(=O)OC(C)(C)C. The molecule has 0 radical (unpaired) electrons. The van der Waals surface area contributed by atoms with Gasteiger partial charge in [0.15, 0.2) is 0 Å². The largest absolute Gasteiger partial charge is 0.477 e. The Hall–Kier alpha value is -1.64. The van der Waals surface area contributed by atoms with Gasteiger partial charge in [-0.25, -0.2) is 15.1 Å². The van der Waals surface area contributed by atoms with Gasteiger partial charge in [0.2, 0.25) is 0 Å². The van der Waals surface area contributed by atoms with Gasteiger partial charge in [-0.1, -0.05) is 59.3 Å². The van der Waals surface area contributed by atoms with E-state index in [1.54, 1.807) is 27.7 Å². The minimum absolute atomic E-state index is 0.0801. The predicted molar refractivity (Wildman–Crippen MR) is 123 cm³/mol. The Morgan fingerprint density at radius 3 is 2.10 bits per heavy atom. The van der Waals surface area contributed by atoms with Crippen LogP contribution in [0, 0.1) is 6.92 Å². The summed E-state index contributed by atoms with van der Waals surface area (Å²) in [5, 5.41) is 9.62. The molecule has 0 fully saturated rings. The van der Waals surface area contributed by atoms with Crippen molar-refractivity contribution in [2.24, 2.45) is 0 Å². The van der Waals surface area contributed by atoms with Gasteiger partial charge in [-0.15, -0.1) is 11.3 Å². The number of carboxylic acid groups (broad SMARTS) is 1. The molecule has 0 spiro atoms. The number of thiophene rings is 1. The first-order chi connectivity index (χ1) is 14.1. The van der Waals surface area contributed by atoms with E-state index in [1.165, 1.54) is 32.1 Å². The number of carboxylic acids is 1. The van der Waals surface area contributed by atoms with Crippen molar-refractivity contribution in [2.45, 2.75) is 99.0 Å². The number of hydrogen-bond donors (Lipinski definition) is 3. The molecular weight excluding hydrogens is 404 g/mol. The van der Waals surface area contributed by atoms with E-state index in [4.69, 9.17) is 9.68 Å². The van der Waals surface area contributed by atoms with Gasteiger partial charge in [0.25, 0.3) is 0 Å². The fourth-order valence-corrected chi connectivity index (χ4v) is 3.27. The van der Waals surface area contributed by atoms with E-state index in [9.17, 15) is 14.7 Å². The minimum atomic E-state index is -1.09. The first kappa shape index (κ1) is 28.4. The van der Waals surface area contributed by atoms with Crippen molar-refractivity contribution in [1.82, 2.24) is 5.48 Å². The van der Waals surface area contributed by atoms with E-state index in [0.29, 0.717) is 17.1 Å². The molecule has 0 amide bonds. The highest BCUT2D eigenvalue weighted by molar-refractivity contribution is 7.18. The lowest BCUT2D eigenvalue weighted by molar-refractivity contribution is 0.00682. The van der Waals surface area contributed by atoms with Crippen LogP contribution >= 0.6 is 11.3 Å². The first-order valence-electron chi connectivity index (χ1n) is 10.8. The minimum Gasteiger partial charge on any atom is -0.477 e. The molecule has 174 valence electrons. The number of anilines is 1. The number of hydroxylamine groups is 1. The Kier molecular flexibility index (Phi) is 14.4. The average Bonchev–Trinajstić information content (AvgIpc) is 2.99. The lowest BCUT2D eigenvalue weighted by Crippen LogP contribution is -2.25. The highest BCUT2D eigenvalue weighted by Crippen LogP contribution is 2.34. The third-order valence-corrected chi connectivity index (χ3v) is 5.22. The summed E-state index contributed by atoms with van der Waals surface area (Å²) in [5.74, 6) is -1.67. The summed E-state index contributed by atoms with van der Waals surface area (Å²) in [7, 11) is 0. The molecule has 30 heavy (non-hydrogen) atoms. The van der Waals surface area contributed by atoms with Crippen LogP contribution in [-0.2, 0) is 9.68 Å².